The number of carbonyl (C=O) groups is 1. The van der Waals surface area contributed by atoms with Crippen molar-refractivity contribution >= 4 is 5.91 Å². The molecule has 2 aliphatic rings. The van der Waals surface area contributed by atoms with Crippen molar-refractivity contribution in [3.8, 4) is 0 Å². The minimum Gasteiger partial charge on any atom is -0.345 e. The molecule has 0 radical (unpaired) electrons. The smallest absolute Gasteiger partial charge is 0.225 e. The Bertz CT molecular complexity index is 333. The molecule has 2 saturated carbocycles. The van der Waals surface area contributed by atoms with Crippen molar-refractivity contribution in [1.82, 2.24) is 4.90 Å². The Labute approximate surface area is 124 Å². The number of hydrogen-bond donors (Lipinski definition) is 1. The molecule has 2 fully saturated rings. The van der Waals surface area contributed by atoms with Crippen molar-refractivity contribution in [2.75, 3.05) is 13.6 Å². The van der Waals surface area contributed by atoms with Crippen LogP contribution >= 0.6 is 0 Å². The molecular formula is C17H32N2O. The van der Waals surface area contributed by atoms with Gasteiger partial charge in [0.2, 0.25) is 5.91 Å². The molecule has 0 aromatic rings. The fourth-order valence-corrected chi connectivity index (χ4v) is 3.93. The average molecular weight is 280 g/mol. The van der Waals surface area contributed by atoms with Gasteiger partial charge in [-0.25, -0.2) is 0 Å². The van der Waals surface area contributed by atoms with E-state index in [0.29, 0.717) is 23.3 Å². The SMILES string of the molecule is CN(CC1CC(N)C1)C(=O)C1CCC(C(C)(C)C)CC1. The van der Waals surface area contributed by atoms with E-state index in [1.54, 1.807) is 0 Å². The summed E-state index contributed by atoms with van der Waals surface area (Å²) >= 11 is 0. The minimum absolute atomic E-state index is 0.271. The quantitative estimate of drug-likeness (QED) is 0.863. The third-order valence-corrected chi connectivity index (χ3v) is 5.48. The molecule has 2 rings (SSSR count). The van der Waals surface area contributed by atoms with Crippen molar-refractivity contribution in [2.24, 2.45) is 28.9 Å². The molecule has 0 aliphatic heterocycles. The molecule has 0 aromatic heterocycles. The Kier molecular flexibility index (Phi) is 4.78. The van der Waals surface area contributed by atoms with Gasteiger partial charge < -0.3 is 10.6 Å². The van der Waals surface area contributed by atoms with E-state index in [9.17, 15) is 4.79 Å². The van der Waals surface area contributed by atoms with Crippen LogP contribution in [0.4, 0.5) is 0 Å². The van der Waals surface area contributed by atoms with E-state index in [0.717, 1.165) is 38.1 Å². The Balaban J connectivity index is 1.76. The second-order valence-corrected chi connectivity index (χ2v) is 8.23. The highest BCUT2D eigenvalue weighted by molar-refractivity contribution is 5.78. The van der Waals surface area contributed by atoms with Crippen LogP contribution in [0.2, 0.25) is 0 Å². The number of carbonyl (C=O) groups excluding carboxylic acids is 1. The Morgan fingerprint density at radius 3 is 2.15 bits per heavy atom. The zero-order valence-electron chi connectivity index (χ0n) is 13.7. The van der Waals surface area contributed by atoms with Gasteiger partial charge in [0.1, 0.15) is 0 Å². The van der Waals surface area contributed by atoms with Gasteiger partial charge in [-0.3, -0.25) is 4.79 Å². The predicted octanol–water partition coefficient (Wildman–Crippen LogP) is 3.03. The van der Waals surface area contributed by atoms with Crippen LogP contribution in [0.15, 0.2) is 0 Å². The molecule has 2 aliphatic carbocycles. The second kappa shape index (κ2) is 6.05. The summed E-state index contributed by atoms with van der Waals surface area (Å²) < 4.78 is 0. The fraction of sp³-hybridized carbons (Fsp3) is 0.941. The molecule has 20 heavy (non-hydrogen) atoms. The molecule has 0 spiro atoms. The monoisotopic (exact) mass is 280 g/mol. The van der Waals surface area contributed by atoms with Crippen LogP contribution in [-0.4, -0.2) is 30.4 Å². The molecule has 0 heterocycles. The largest absolute Gasteiger partial charge is 0.345 e. The summed E-state index contributed by atoms with van der Waals surface area (Å²) in [6.07, 6.45) is 6.76. The lowest BCUT2D eigenvalue weighted by Crippen LogP contribution is -2.45. The van der Waals surface area contributed by atoms with Crippen molar-refractivity contribution in [3.05, 3.63) is 0 Å². The van der Waals surface area contributed by atoms with Crippen LogP contribution in [-0.2, 0) is 4.79 Å². The lowest BCUT2D eigenvalue weighted by atomic mass is 9.69. The summed E-state index contributed by atoms with van der Waals surface area (Å²) in [5.41, 5.74) is 6.21. The minimum atomic E-state index is 0.271. The van der Waals surface area contributed by atoms with Gasteiger partial charge in [0.15, 0.2) is 0 Å². The highest BCUT2D eigenvalue weighted by atomic mass is 16.2. The highest BCUT2D eigenvalue weighted by Crippen LogP contribution is 2.40. The molecule has 0 aromatic carbocycles. The number of hydrogen-bond acceptors (Lipinski definition) is 2. The van der Waals surface area contributed by atoms with E-state index in [4.69, 9.17) is 5.73 Å². The van der Waals surface area contributed by atoms with Gasteiger partial charge in [0.25, 0.3) is 0 Å². The molecule has 1 amide bonds. The fourth-order valence-electron chi connectivity index (χ4n) is 3.93. The highest BCUT2D eigenvalue weighted by Gasteiger charge is 2.34. The summed E-state index contributed by atoms with van der Waals surface area (Å²) in [6.45, 7) is 7.88. The maximum absolute atomic E-state index is 12.5. The van der Waals surface area contributed by atoms with Crippen LogP contribution in [0.1, 0.15) is 59.3 Å². The molecule has 2 N–H and O–H groups in total. The number of amides is 1. The van der Waals surface area contributed by atoms with E-state index in [2.05, 4.69) is 20.8 Å². The molecule has 116 valence electrons. The van der Waals surface area contributed by atoms with E-state index in [-0.39, 0.29) is 5.92 Å². The molecule has 3 nitrogen and oxygen atoms in total. The van der Waals surface area contributed by atoms with Crippen molar-refractivity contribution in [1.29, 1.82) is 0 Å². The van der Waals surface area contributed by atoms with E-state index >= 15 is 0 Å². The summed E-state index contributed by atoms with van der Waals surface area (Å²) in [5.74, 6) is 2.07. The molecule has 0 unspecified atom stereocenters. The van der Waals surface area contributed by atoms with E-state index in [1.165, 1.54) is 12.8 Å². The average Bonchev–Trinajstić information content (AvgIpc) is 2.35. The third kappa shape index (κ3) is 3.75. The molecule has 0 atom stereocenters. The molecular weight excluding hydrogens is 248 g/mol. The van der Waals surface area contributed by atoms with Crippen LogP contribution in [0, 0.1) is 23.2 Å². The number of nitrogens with zero attached hydrogens (tertiary/aromatic N) is 1. The zero-order chi connectivity index (χ0) is 14.9. The van der Waals surface area contributed by atoms with Gasteiger partial charge in [-0.15, -0.1) is 0 Å². The van der Waals surface area contributed by atoms with Gasteiger partial charge in [-0.1, -0.05) is 20.8 Å². The van der Waals surface area contributed by atoms with Crippen LogP contribution in [0.3, 0.4) is 0 Å². The maximum Gasteiger partial charge on any atom is 0.225 e. The third-order valence-electron chi connectivity index (χ3n) is 5.48. The second-order valence-electron chi connectivity index (χ2n) is 8.23. The Hall–Kier alpha value is -0.570. The lowest BCUT2D eigenvalue weighted by molar-refractivity contribution is -0.136. The van der Waals surface area contributed by atoms with E-state index in [1.807, 2.05) is 11.9 Å². The Morgan fingerprint density at radius 1 is 1.15 bits per heavy atom. The zero-order valence-corrected chi connectivity index (χ0v) is 13.7. The first-order valence-electron chi connectivity index (χ1n) is 8.28. The van der Waals surface area contributed by atoms with Crippen molar-refractivity contribution in [2.45, 2.75) is 65.3 Å². The number of rotatable bonds is 3. The lowest BCUT2D eigenvalue weighted by Gasteiger charge is -2.39. The van der Waals surface area contributed by atoms with Gasteiger partial charge in [-0.05, 0) is 55.8 Å². The van der Waals surface area contributed by atoms with Crippen LogP contribution < -0.4 is 5.73 Å². The number of nitrogens with two attached hydrogens (primary N) is 1. The molecule has 0 bridgehead atoms. The van der Waals surface area contributed by atoms with E-state index < -0.39 is 0 Å². The van der Waals surface area contributed by atoms with Gasteiger partial charge in [0.05, 0.1) is 0 Å². The maximum atomic E-state index is 12.5. The standard InChI is InChI=1S/C17H32N2O/c1-17(2,3)14-7-5-13(6-8-14)16(20)19(4)11-12-9-15(18)10-12/h12-15H,5-11,18H2,1-4H3. The van der Waals surface area contributed by atoms with Crippen LogP contribution in [0.5, 0.6) is 0 Å². The summed E-state index contributed by atoms with van der Waals surface area (Å²) in [5, 5.41) is 0. The first-order valence-corrected chi connectivity index (χ1v) is 8.28. The first kappa shape index (κ1) is 15.8. The Morgan fingerprint density at radius 2 is 1.70 bits per heavy atom. The molecule has 0 saturated heterocycles. The normalized spacial score (nSPS) is 34.5. The predicted molar refractivity (Wildman–Crippen MR) is 83.2 cm³/mol. The topological polar surface area (TPSA) is 46.3 Å². The van der Waals surface area contributed by atoms with Crippen molar-refractivity contribution < 1.29 is 4.79 Å². The van der Waals surface area contributed by atoms with Gasteiger partial charge in [0, 0.05) is 25.6 Å². The van der Waals surface area contributed by atoms with Gasteiger partial charge >= 0.3 is 0 Å². The van der Waals surface area contributed by atoms with Crippen molar-refractivity contribution in [3.63, 3.8) is 0 Å². The first-order chi connectivity index (χ1) is 9.27. The molecule has 3 heteroatoms. The van der Waals surface area contributed by atoms with Gasteiger partial charge in [-0.2, -0.15) is 0 Å². The summed E-state index contributed by atoms with van der Waals surface area (Å²) in [7, 11) is 1.97. The summed E-state index contributed by atoms with van der Waals surface area (Å²) in [6, 6.07) is 0.380. The summed E-state index contributed by atoms with van der Waals surface area (Å²) in [4.78, 5) is 14.5. The van der Waals surface area contributed by atoms with Crippen LogP contribution in [0.25, 0.3) is 0 Å².